The Bertz CT molecular complexity index is 326. The highest BCUT2D eigenvalue weighted by Crippen LogP contribution is 2.10. The third kappa shape index (κ3) is 4.57. The Kier molecular flexibility index (Phi) is 4.98. The second-order valence-electron chi connectivity index (χ2n) is 3.27. The Morgan fingerprint density at radius 3 is 2.87 bits per heavy atom. The van der Waals surface area contributed by atoms with E-state index in [2.05, 4.69) is 45.4 Å². The molecule has 0 aliphatic rings. The number of nitrogens with zero attached hydrogens (tertiary/aromatic N) is 1. The SMILES string of the molecule is CC[C@H](C)NC(=S)Nc1ccc(Br)cn1. The average molecular weight is 288 g/mol. The van der Waals surface area contributed by atoms with Gasteiger partial charge in [-0.15, -0.1) is 0 Å². The van der Waals surface area contributed by atoms with E-state index in [0.717, 1.165) is 16.7 Å². The molecule has 1 rings (SSSR count). The fourth-order valence-electron chi connectivity index (χ4n) is 0.928. The van der Waals surface area contributed by atoms with E-state index in [9.17, 15) is 0 Å². The van der Waals surface area contributed by atoms with Crippen LogP contribution in [0.3, 0.4) is 0 Å². The maximum absolute atomic E-state index is 5.14. The minimum atomic E-state index is 0.375. The third-order valence-corrected chi connectivity index (χ3v) is 2.65. The molecule has 0 saturated carbocycles. The van der Waals surface area contributed by atoms with Crippen molar-refractivity contribution in [3.05, 3.63) is 22.8 Å². The number of thiocarbonyl (C=S) groups is 1. The van der Waals surface area contributed by atoms with Crippen LogP contribution in [0.5, 0.6) is 0 Å². The van der Waals surface area contributed by atoms with Crippen LogP contribution < -0.4 is 10.6 Å². The summed E-state index contributed by atoms with van der Waals surface area (Å²) in [6, 6.07) is 4.16. The molecule has 0 radical (unpaired) electrons. The molecule has 0 aliphatic heterocycles. The van der Waals surface area contributed by atoms with E-state index in [4.69, 9.17) is 12.2 Å². The van der Waals surface area contributed by atoms with Gasteiger partial charge in [-0.3, -0.25) is 0 Å². The maximum atomic E-state index is 5.14. The molecule has 2 N–H and O–H groups in total. The van der Waals surface area contributed by atoms with Gasteiger partial charge in [-0.1, -0.05) is 6.92 Å². The Balaban J connectivity index is 2.48. The van der Waals surface area contributed by atoms with Gasteiger partial charge in [0.25, 0.3) is 0 Å². The Morgan fingerprint density at radius 2 is 2.33 bits per heavy atom. The van der Waals surface area contributed by atoms with Crippen LogP contribution in [0, 0.1) is 0 Å². The molecule has 82 valence electrons. The predicted molar refractivity (Wildman–Crippen MR) is 71.0 cm³/mol. The normalized spacial score (nSPS) is 11.9. The van der Waals surface area contributed by atoms with Crippen LogP contribution in [0.25, 0.3) is 0 Å². The molecule has 1 heterocycles. The highest BCUT2D eigenvalue weighted by Gasteiger charge is 2.02. The fourth-order valence-corrected chi connectivity index (χ4v) is 1.47. The number of hydrogen-bond acceptors (Lipinski definition) is 2. The second-order valence-corrected chi connectivity index (χ2v) is 4.59. The molecule has 1 aromatic rings. The molecular formula is C10H14BrN3S. The Morgan fingerprint density at radius 1 is 1.60 bits per heavy atom. The van der Waals surface area contributed by atoms with Crippen LogP contribution in [0.15, 0.2) is 22.8 Å². The first-order valence-electron chi connectivity index (χ1n) is 4.81. The first-order chi connectivity index (χ1) is 7.11. The van der Waals surface area contributed by atoms with E-state index in [1.807, 2.05) is 12.1 Å². The first kappa shape index (κ1) is 12.4. The fraction of sp³-hybridized carbons (Fsp3) is 0.400. The topological polar surface area (TPSA) is 37.0 Å². The molecule has 3 nitrogen and oxygen atoms in total. The van der Waals surface area contributed by atoms with Crippen molar-refractivity contribution < 1.29 is 0 Å². The quantitative estimate of drug-likeness (QED) is 0.839. The molecule has 0 aromatic carbocycles. The number of rotatable bonds is 3. The van der Waals surface area contributed by atoms with Gasteiger partial charge in [-0.05, 0) is 53.6 Å². The van der Waals surface area contributed by atoms with Gasteiger partial charge >= 0.3 is 0 Å². The van der Waals surface area contributed by atoms with Gasteiger partial charge in [0.2, 0.25) is 0 Å². The summed E-state index contributed by atoms with van der Waals surface area (Å²) in [6.07, 6.45) is 2.77. The van der Waals surface area contributed by atoms with Crippen LogP contribution in [0.4, 0.5) is 5.82 Å². The van der Waals surface area contributed by atoms with Crippen molar-refractivity contribution in [2.45, 2.75) is 26.3 Å². The summed E-state index contributed by atoms with van der Waals surface area (Å²) in [5.41, 5.74) is 0. The van der Waals surface area contributed by atoms with Gasteiger partial charge in [-0.2, -0.15) is 0 Å². The zero-order valence-corrected chi connectivity index (χ0v) is 11.2. The molecule has 5 heteroatoms. The summed E-state index contributed by atoms with van der Waals surface area (Å²) in [5.74, 6) is 0.749. The summed E-state index contributed by atoms with van der Waals surface area (Å²) in [7, 11) is 0. The molecule has 0 bridgehead atoms. The summed E-state index contributed by atoms with van der Waals surface area (Å²) in [4.78, 5) is 4.17. The maximum Gasteiger partial charge on any atom is 0.172 e. The van der Waals surface area contributed by atoms with Gasteiger partial charge in [0, 0.05) is 16.7 Å². The molecule has 0 fully saturated rings. The standard InChI is InChI=1S/C10H14BrN3S/c1-3-7(2)13-10(15)14-9-5-4-8(11)6-12-9/h4-7H,3H2,1-2H3,(H2,12,13,14,15)/t7-/m0/s1. The smallest absolute Gasteiger partial charge is 0.172 e. The van der Waals surface area contributed by atoms with Gasteiger partial charge in [-0.25, -0.2) is 4.98 Å². The van der Waals surface area contributed by atoms with Crippen molar-refractivity contribution in [1.82, 2.24) is 10.3 Å². The zero-order chi connectivity index (χ0) is 11.3. The second kappa shape index (κ2) is 6.02. The Labute approximate surface area is 104 Å². The van der Waals surface area contributed by atoms with Crippen LogP contribution in [-0.4, -0.2) is 16.1 Å². The lowest BCUT2D eigenvalue weighted by Crippen LogP contribution is -2.35. The van der Waals surface area contributed by atoms with Gasteiger partial charge in [0.05, 0.1) is 0 Å². The molecule has 0 unspecified atom stereocenters. The van der Waals surface area contributed by atoms with E-state index in [-0.39, 0.29) is 0 Å². The van der Waals surface area contributed by atoms with Gasteiger partial charge in [0.15, 0.2) is 5.11 Å². The van der Waals surface area contributed by atoms with Crippen molar-refractivity contribution in [2.75, 3.05) is 5.32 Å². The summed E-state index contributed by atoms with van der Waals surface area (Å²) in [6.45, 7) is 4.20. The molecule has 0 saturated heterocycles. The number of halogens is 1. The van der Waals surface area contributed by atoms with Crippen molar-refractivity contribution in [2.24, 2.45) is 0 Å². The molecule has 0 spiro atoms. The van der Waals surface area contributed by atoms with Crippen molar-refractivity contribution in [1.29, 1.82) is 0 Å². The summed E-state index contributed by atoms with van der Waals surface area (Å²) < 4.78 is 0.953. The lowest BCUT2D eigenvalue weighted by molar-refractivity contribution is 0.646. The average Bonchev–Trinajstić information content (AvgIpc) is 2.21. The molecule has 1 aromatic heterocycles. The number of pyridine rings is 1. The highest BCUT2D eigenvalue weighted by atomic mass is 79.9. The van der Waals surface area contributed by atoms with Crippen molar-refractivity contribution in [3.63, 3.8) is 0 Å². The number of hydrogen-bond donors (Lipinski definition) is 2. The minimum Gasteiger partial charge on any atom is -0.360 e. The molecule has 0 aliphatic carbocycles. The van der Waals surface area contributed by atoms with E-state index < -0.39 is 0 Å². The van der Waals surface area contributed by atoms with E-state index in [0.29, 0.717) is 11.2 Å². The monoisotopic (exact) mass is 287 g/mol. The van der Waals surface area contributed by atoms with Crippen molar-refractivity contribution in [3.8, 4) is 0 Å². The first-order valence-corrected chi connectivity index (χ1v) is 6.01. The molecular weight excluding hydrogens is 274 g/mol. The lowest BCUT2D eigenvalue weighted by Gasteiger charge is -2.14. The summed E-state index contributed by atoms with van der Waals surface area (Å²) in [5, 5.41) is 6.79. The lowest BCUT2D eigenvalue weighted by atomic mass is 10.3. The van der Waals surface area contributed by atoms with E-state index in [1.165, 1.54) is 0 Å². The van der Waals surface area contributed by atoms with E-state index in [1.54, 1.807) is 6.20 Å². The third-order valence-electron chi connectivity index (χ3n) is 1.96. The van der Waals surface area contributed by atoms with Crippen LogP contribution in [0.2, 0.25) is 0 Å². The molecule has 15 heavy (non-hydrogen) atoms. The van der Waals surface area contributed by atoms with Crippen molar-refractivity contribution >= 4 is 39.1 Å². The van der Waals surface area contributed by atoms with Crippen LogP contribution in [0.1, 0.15) is 20.3 Å². The summed E-state index contributed by atoms with van der Waals surface area (Å²) >= 11 is 8.46. The number of aromatic nitrogens is 1. The van der Waals surface area contributed by atoms with Crippen LogP contribution in [-0.2, 0) is 0 Å². The predicted octanol–water partition coefficient (Wildman–Crippen LogP) is 2.93. The largest absolute Gasteiger partial charge is 0.360 e. The zero-order valence-electron chi connectivity index (χ0n) is 8.75. The number of anilines is 1. The van der Waals surface area contributed by atoms with Gasteiger partial charge in [0.1, 0.15) is 5.82 Å². The number of nitrogens with one attached hydrogen (secondary N) is 2. The highest BCUT2D eigenvalue weighted by molar-refractivity contribution is 9.10. The van der Waals surface area contributed by atoms with E-state index >= 15 is 0 Å². The van der Waals surface area contributed by atoms with Crippen LogP contribution >= 0.6 is 28.1 Å². The molecule has 1 atom stereocenters. The van der Waals surface area contributed by atoms with Gasteiger partial charge < -0.3 is 10.6 Å². The Hall–Kier alpha value is -0.680. The minimum absolute atomic E-state index is 0.375. The molecule has 0 amide bonds.